The highest BCUT2D eigenvalue weighted by molar-refractivity contribution is 7.26. The van der Waals surface area contributed by atoms with Gasteiger partial charge in [0.25, 0.3) is 0 Å². The number of thiophene rings is 1. The Morgan fingerprint density at radius 1 is 0.241 bits per heavy atom. The van der Waals surface area contributed by atoms with Crippen LogP contribution in [0.5, 0.6) is 0 Å². The highest BCUT2D eigenvalue weighted by Crippen LogP contribution is 2.42. The summed E-state index contributed by atoms with van der Waals surface area (Å²) in [6, 6.07) is 111. The van der Waals surface area contributed by atoms with E-state index in [1.807, 2.05) is 11.3 Å². The van der Waals surface area contributed by atoms with Gasteiger partial charge in [-0.2, -0.15) is 0 Å². The smallest absolute Gasteiger partial charge is 0.0892 e. The van der Waals surface area contributed by atoms with E-state index >= 15 is 0 Å². The second kappa shape index (κ2) is 19.3. The summed E-state index contributed by atoms with van der Waals surface area (Å²) in [5.74, 6) is 0. The maximum atomic E-state index is 2.51. The van der Waals surface area contributed by atoms with Crippen LogP contribution in [-0.2, 0) is 0 Å². The molecule has 3 heterocycles. The maximum Gasteiger partial charge on any atom is 0.0892 e. The predicted octanol–water partition coefficient (Wildman–Crippen LogP) is 20.2. The molecule has 14 aromatic carbocycles. The molecule has 16 aromatic rings. The molecule has 0 saturated carbocycles. The van der Waals surface area contributed by atoms with E-state index in [1.165, 1.54) is 169 Å². The summed E-state index contributed by atoms with van der Waals surface area (Å²) in [5.41, 5.74) is 23.7. The lowest BCUT2D eigenvalue weighted by Gasteiger charge is -2.12. The van der Waals surface area contributed by atoms with E-state index in [0.717, 1.165) is 0 Å². The molecular formula is C80H51NSSi. The van der Waals surface area contributed by atoms with E-state index in [0.29, 0.717) is 0 Å². The van der Waals surface area contributed by atoms with Crippen LogP contribution in [0.15, 0.2) is 297 Å². The number of rotatable bonds is 8. The van der Waals surface area contributed by atoms with Crippen molar-refractivity contribution in [1.82, 2.24) is 4.57 Å². The third-order valence-corrected chi connectivity index (χ3v) is 20.8. The van der Waals surface area contributed by atoms with Crippen molar-refractivity contribution in [2.75, 3.05) is 0 Å². The van der Waals surface area contributed by atoms with Crippen LogP contribution in [-0.4, -0.2) is 14.1 Å². The Bertz CT molecular complexity index is 5020. The molecule has 0 aliphatic carbocycles. The van der Waals surface area contributed by atoms with Crippen LogP contribution in [0.2, 0.25) is 0 Å². The lowest BCUT2D eigenvalue weighted by Crippen LogP contribution is -2.21. The fourth-order valence-corrected chi connectivity index (χ4v) is 16.8. The lowest BCUT2D eigenvalue weighted by atomic mass is 9.95. The van der Waals surface area contributed by atoms with Gasteiger partial charge >= 0.3 is 0 Å². The number of fused-ring (bicyclic) bond motifs is 11. The zero-order chi connectivity index (χ0) is 54.5. The number of nitrogens with zero attached hydrogens (tertiary/aromatic N) is 1. The zero-order valence-electron chi connectivity index (χ0n) is 45.4. The topological polar surface area (TPSA) is 4.93 Å². The Morgan fingerprint density at radius 3 is 1.19 bits per heavy atom. The minimum atomic E-state index is -0.758. The van der Waals surface area contributed by atoms with Gasteiger partial charge < -0.3 is 4.57 Å². The Labute approximate surface area is 488 Å². The van der Waals surface area contributed by atoms with E-state index in [1.54, 1.807) is 0 Å². The molecule has 1 nitrogen and oxygen atoms in total. The number of hydrogen-bond donors (Lipinski definition) is 0. The molecule has 2 aromatic heterocycles. The second-order valence-electron chi connectivity index (χ2n) is 22.3. The van der Waals surface area contributed by atoms with Crippen LogP contribution in [0.3, 0.4) is 0 Å². The first-order chi connectivity index (χ1) is 41.1. The monoisotopic (exact) mass is 1090 g/mol. The molecule has 0 saturated heterocycles. The maximum absolute atomic E-state index is 2.51. The van der Waals surface area contributed by atoms with E-state index in [2.05, 4.69) is 302 Å². The minimum absolute atomic E-state index is 0.758. The summed E-state index contributed by atoms with van der Waals surface area (Å²) in [7, 11) is -0.758. The van der Waals surface area contributed by atoms with Gasteiger partial charge in [0.15, 0.2) is 0 Å². The Balaban J connectivity index is 0.719. The van der Waals surface area contributed by atoms with Crippen molar-refractivity contribution in [1.29, 1.82) is 0 Å². The van der Waals surface area contributed by atoms with Crippen molar-refractivity contribution in [3.8, 4) is 94.7 Å². The Kier molecular flexibility index (Phi) is 11.0. The second-order valence-corrected chi connectivity index (χ2v) is 25.3. The largest absolute Gasteiger partial charge is 0.309 e. The van der Waals surface area contributed by atoms with Gasteiger partial charge in [0.1, 0.15) is 0 Å². The quantitative estimate of drug-likeness (QED) is 0.134. The molecular weight excluding hydrogens is 1040 g/mol. The average Bonchev–Trinajstić information content (AvgIpc) is 4.45. The van der Waals surface area contributed by atoms with Crippen molar-refractivity contribution in [3.05, 3.63) is 297 Å². The molecule has 0 atom stereocenters. The van der Waals surface area contributed by atoms with Crippen LogP contribution < -0.4 is 10.4 Å². The van der Waals surface area contributed by atoms with Crippen LogP contribution >= 0.6 is 11.3 Å². The van der Waals surface area contributed by atoms with E-state index in [-0.39, 0.29) is 0 Å². The fourth-order valence-electron chi connectivity index (χ4n) is 13.5. The van der Waals surface area contributed by atoms with Gasteiger partial charge in [0, 0.05) is 36.6 Å². The predicted molar refractivity (Wildman–Crippen MR) is 360 cm³/mol. The van der Waals surface area contributed by atoms with Gasteiger partial charge in [0.2, 0.25) is 0 Å². The van der Waals surface area contributed by atoms with Gasteiger partial charge in [-0.05, 0) is 153 Å². The number of aromatic nitrogens is 1. The van der Waals surface area contributed by atoms with Gasteiger partial charge in [-0.15, -0.1) is 11.3 Å². The summed E-state index contributed by atoms with van der Waals surface area (Å²) in [4.78, 5) is 0. The van der Waals surface area contributed by atoms with E-state index < -0.39 is 9.52 Å². The molecule has 0 radical (unpaired) electrons. The summed E-state index contributed by atoms with van der Waals surface area (Å²) in [6.07, 6.45) is 0. The molecule has 0 fully saturated rings. The van der Waals surface area contributed by atoms with E-state index in [9.17, 15) is 0 Å². The Morgan fingerprint density at radius 2 is 0.639 bits per heavy atom. The van der Waals surface area contributed by atoms with Crippen molar-refractivity contribution < 1.29 is 0 Å². The van der Waals surface area contributed by atoms with Crippen molar-refractivity contribution in [2.24, 2.45) is 0 Å². The molecule has 3 heteroatoms. The average molecular weight is 1090 g/mol. The van der Waals surface area contributed by atoms with Gasteiger partial charge in [-0.25, -0.2) is 0 Å². The van der Waals surface area contributed by atoms with Crippen LogP contribution in [0, 0.1) is 0 Å². The third kappa shape index (κ3) is 8.03. The summed E-state index contributed by atoms with van der Waals surface area (Å²) >= 11 is 1.91. The molecule has 0 bridgehead atoms. The first-order valence-electron chi connectivity index (χ1n) is 28.7. The van der Waals surface area contributed by atoms with Crippen LogP contribution in [0.1, 0.15) is 0 Å². The van der Waals surface area contributed by atoms with Crippen LogP contribution in [0.4, 0.5) is 0 Å². The lowest BCUT2D eigenvalue weighted by molar-refractivity contribution is 1.18. The van der Waals surface area contributed by atoms with Gasteiger partial charge in [-0.3, -0.25) is 0 Å². The molecule has 83 heavy (non-hydrogen) atoms. The minimum Gasteiger partial charge on any atom is -0.309 e. The van der Waals surface area contributed by atoms with Crippen LogP contribution in [0.25, 0.3) is 158 Å². The molecule has 0 amide bonds. The summed E-state index contributed by atoms with van der Waals surface area (Å²) in [6.45, 7) is 0. The molecule has 0 unspecified atom stereocenters. The van der Waals surface area contributed by atoms with Crippen molar-refractivity contribution >= 4 is 94.8 Å². The fraction of sp³-hybridized carbons (Fsp3) is 0. The molecule has 17 rings (SSSR count). The first-order valence-corrected chi connectivity index (χ1v) is 31.0. The SMILES string of the molecule is c1ccc2c(-c3ccc(-c4ccc(-c5ccc6c(c5)c5cc(-c7ccc(-c8ccc(-c9cccc%10ccccc9%10)cc8)cc7)ccc5n6-c5ccc6c(c5)[SiH2]c5cc(-c7cccc8c7sc7ccccc78)ccc5-6)cc4)cc3)cccc2c1. The summed E-state index contributed by atoms with van der Waals surface area (Å²) in [5, 5.41) is 13.3. The highest BCUT2D eigenvalue weighted by atomic mass is 32.1. The molecule has 0 N–H and O–H groups in total. The van der Waals surface area contributed by atoms with E-state index in [4.69, 9.17) is 0 Å². The normalized spacial score (nSPS) is 12.3. The Hall–Kier alpha value is -10.2. The zero-order valence-corrected chi connectivity index (χ0v) is 47.6. The first kappa shape index (κ1) is 47.6. The number of benzene rings is 14. The van der Waals surface area contributed by atoms with Crippen molar-refractivity contribution in [2.45, 2.75) is 0 Å². The standard InChI is InChI=1S/C80H51NSSi/c1-3-14-64-56(10-1)12-7-17-66(64)58-34-30-52(31-35-58)50-22-26-54(27-23-50)60-39-44-75-73(46-60)74-47-61(55-28-24-51(25-29-55)53-32-36-59(37-33-53)67-18-8-13-57-11-2-4-15-65(57)67)40-45-76(74)81(75)63-41-43-71-70-42-38-62(48-78(70)83-79(71)49-63)68-19-9-20-72-69-16-5-6-21-77(69)82-80(68)72/h1-49H,83H2. The highest BCUT2D eigenvalue weighted by Gasteiger charge is 2.23. The summed E-state index contributed by atoms with van der Waals surface area (Å²) < 4.78 is 5.23. The number of hydrogen-bond acceptors (Lipinski definition) is 1. The third-order valence-electron chi connectivity index (χ3n) is 17.7. The molecule has 1 aliphatic rings. The van der Waals surface area contributed by atoms with Gasteiger partial charge in [0.05, 0.1) is 20.6 Å². The molecule has 386 valence electrons. The van der Waals surface area contributed by atoms with Crippen molar-refractivity contribution in [3.63, 3.8) is 0 Å². The molecule has 1 aliphatic heterocycles. The molecule has 0 spiro atoms. The van der Waals surface area contributed by atoms with Gasteiger partial charge in [-0.1, -0.05) is 265 Å².